The molecular formula is C7H8ClNO3. The Labute approximate surface area is 74.1 Å². The fourth-order valence-corrected chi connectivity index (χ4v) is 0.956. The van der Waals surface area contributed by atoms with E-state index in [-0.39, 0.29) is 23.1 Å². The second-order valence-electron chi connectivity index (χ2n) is 2.21. The topological polar surface area (TPSA) is 75.7 Å². The molecule has 1 aromatic rings. The number of halogens is 1. The number of rotatable bonds is 2. The third-order valence-corrected chi connectivity index (χ3v) is 1.73. The van der Waals surface area contributed by atoms with Crippen molar-refractivity contribution in [2.45, 2.75) is 6.61 Å². The van der Waals surface area contributed by atoms with Crippen molar-refractivity contribution in [2.24, 2.45) is 5.90 Å². The van der Waals surface area contributed by atoms with Crippen LogP contribution in [0.1, 0.15) is 5.56 Å². The molecule has 1 aromatic carbocycles. The maximum absolute atomic E-state index is 9.24. The number of hydrogen-bond acceptors (Lipinski definition) is 4. The predicted molar refractivity (Wildman–Crippen MR) is 43.8 cm³/mol. The van der Waals surface area contributed by atoms with Crippen molar-refractivity contribution < 1.29 is 15.1 Å². The molecule has 0 aliphatic heterocycles. The van der Waals surface area contributed by atoms with Crippen LogP contribution in [0.4, 0.5) is 0 Å². The molecule has 0 amide bonds. The van der Waals surface area contributed by atoms with E-state index in [1.165, 1.54) is 12.1 Å². The molecule has 0 unspecified atom stereocenters. The molecule has 66 valence electrons. The highest BCUT2D eigenvalue weighted by atomic mass is 35.5. The SMILES string of the molecule is NOCc1ccc(Cl)c(O)c1O. The molecule has 0 radical (unpaired) electrons. The maximum atomic E-state index is 9.24. The van der Waals surface area contributed by atoms with E-state index in [1.807, 2.05) is 0 Å². The summed E-state index contributed by atoms with van der Waals surface area (Å²) in [5.74, 6) is 4.14. The monoisotopic (exact) mass is 189 g/mol. The first-order chi connectivity index (χ1) is 5.66. The average molecular weight is 190 g/mol. The van der Waals surface area contributed by atoms with Crippen LogP contribution in [0.5, 0.6) is 11.5 Å². The molecule has 0 spiro atoms. The average Bonchev–Trinajstić information content (AvgIpc) is 2.07. The summed E-state index contributed by atoms with van der Waals surface area (Å²) in [5.41, 5.74) is 0.388. The van der Waals surface area contributed by atoms with Gasteiger partial charge < -0.3 is 10.2 Å². The van der Waals surface area contributed by atoms with E-state index in [4.69, 9.17) is 22.6 Å². The van der Waals surface area contributed by atoms with Crippen LogP contribution in [0.25, 0.3) is 0 Å². The fourth-order valence-electron chi connectivity index (χ4n) is 0.803. The number of benzene rings is 1. The van der Waals surface area contributed by atoms with Crippen molar-refractivity contribution in [3.8, 4) is 11.5 Å². The Bertz CT molecular complexity index is 290. The highest BCUT2D eigenvalue weighted by Gasteiger charge is 2.09. The molecule has 12 heavy (non-hydrogen) atoms. The smallest absolute Gasteiger partial charge is 0.176 e. The van der Waals surface area contributed by atoms with Gasteiger partial charge in [-0.25, -0.2) is 5.90 Å². The van der Waals surface area contributed by atoms with Crippen LogP contribution in [0.2, 0.25) is 5.02 Å². The standard InChI is InChI=1S/C7H8ClNO3/c8-5-2-1-4(3-12-9)6(10)7(5)11/h1-2,10-11H,3,9H2. The minimum atomic E-state index is -0.355. The summed E-state index contributed by atoms with van der Waals surface area (Å²) in [6.07, 6.45) is 0. The van der Waals surface area contributed by atoms with E-state index < -0.39 is 0 Å². The zero-order valence-electron chi connectivity index (χ0n) is 6.12. The largest absolute Gasteiger partial charge is 0.504 e. The minimum Gasteiger partial charge on any atom is -0.504 e. The summed E-state index contributed by atoms with van der Waals surface area (Å²) < 4.78 is 0. The summed E-state index contributed by atoms with van der Waals surface area (Å²) in [6.45, 7) is 0.0244. The van der Waals surface area contributed by atoms with Crippen LogP contribution < -0.4 is 5.90 Å². The maximum Gasteiger partial charge on any atom is 0.176 e. The number of phenolic OH excluding ortho intramolecular Hbond substituents is 2. The first-order valence-corrected chi connectivity index (χ1v) is 3.55. The van der Waals surface area contributed by atoms with Crippen LogP contribution in [0.3, 0.4) is 0 Å². The molecule has 0 heterocycles. The van der Waals surface area contributed by atoms with Gasteiger partial charge in [-0.3, -0.25) is 4.84 Å². The fraction of sp³-hybridized carbons (Fsp3) is 0.143. The lowest BCUT2D eigenvalue weighted by Gasteiger charge is -2.05. The molecule has 0 aliphatic carbocycles. The first kappa shape index (κ1) is 9.12. The third kappa shape index (κ3) is 1.61. The summed E-state index contributed by atoms with van der Waals surface area (Å²) in [4.78, 5) is 4.29. The van der Waals surface area contributed by atoms with Gasteiger partial charge in [0.25, 0.3) is 0 Å². The van der Waals surface area contributed by atoms with Crippen molar-refractivity contribution in [1.82, 2.24) is 0 Å². The zero-order chi connectivity index (χ0) is 9.14. The minimum absolute atomic E-state index is 0.0244. The van der Waals surface area contributed by atoms with Crippen molar-refractivity contribution in [1.29, 1.82) is 0 Å². The lowest BCUT2D eigenvalue weighted by atomic mass is 10.2. The summed E-state index contributed by atoms with van der Waals surface area (Å²) in [5, 5.41) is 18.5. The Morgan fingerprint density at radius 2 is 2.00 bits per heavy atom. The quantitative estimate of drug-likeness (QED) is 0.482. The molecule has 0 fully saturated rings. The Morgan fingerprint density at radius 3 is 2.58 bits per heavy atom. The van der Waals surface area contributed by atoms with Crippen molar-refractivity contribution >= 4 is 11.6 Å². The Kier molecular flexibility index (Phi) is 2.75. The van der Waals surface area contributed by atoms with Gasteiger partial charge in [0.2, 0.25) is 0 Å². The van der Waals surface area contributed by atoms with Crippen molar-refractivity contribution in [3.05, 3.63) is 22.7 Å². The lowest BCUT2D eigenvalue weighted by Crippen LogP contribution is -1.98. The van der Waals surface area contributed by atoms with Gasteiger partial charge in [0, 0.05) is 5.56 Å². The first-order valence-electron chi connectivity index (χ1n) is 3.17. The molecule has 4 nitrogen and oxygen atoms in total. The van der Waals surface area contributed by atoms with Gasteiger partial charge >= 0.3 is 0 Å². The highest BCUT2D eigenvalue weighted by Crippen LogP contribution is 2.35. The van der Waals surface area contributed by atoms with Gasteiger partial charge in [0.05, 0.1) is 11.6 Å². The second-order valence-corrected chi connectivity index (χ2v) is 2.62. The molecule has 0 atom stereocenters. The Hall–Kier alpha value is -0.970. The van der Waals surface area contributed by atoms with Gasteiger partial charge in [-0.2, -0.15) is 0 Å². The Balaban J connectivity index is 3.08. The zero-order valence-corrected chi connectivity index (χ0v) is 6.88. The van der Waals surface area contributed by atoms with E-state index in [0.29, 0.717) is 5.56 Å². The molecule has 0 saturated carbocycles. The van der Waals surface area contributed by atoms with Crippen LogP contribution in [0.15, 0.2) is 12.1 Å². The highest BCUT2D eigenvalue weighted by molar-refractivity contribution is 6.32. The predicted octanol–water partition coefficient (Wildman–Crippen LogP) is 1.14. The third-order valence-electron chi connectivity index (χ3n) is 1.42. The van der Waals surface area contributed by atoms with Crippen molar-refractivity contribution in [2.75, 3.05) is 0 Å². The van der Waals surface area contributed by atoms with Crippen LogP contribution >= 0.6 is 11.6 Å². The number of nitrogens with two attached hydrogens (primary N) is 1. The Morgan fingerprint density at radius 1 is 1.33 bits per heavy atom. The van der Waals surface area contributed by atoms with E-state index >= 15 is 0 Å². The molecule has 0 bridgehead atoms. The number of hydrogen-bond donors (Lipinski definition) is 3. The van der Waals surface area contributed by atoms with Gasteiger partial charge in [-0.05, 0) is 6.07 Å². The molecule has 0 aromatic heterocycles. The molecule has 4 N–H and O–H groups in total. The van der Waals surface area contributed by atoms with Crippen LogP contribution in [0, 0.1) is 0 Å². The number of aromatic hydroxyl groups is 2. The molecule has 0 saturated heterocycles. The molecule has 1 rings (SSSR count). The van der Waals surface area contributed by atoms with Crippen molar-refractivity contribution in [3.63, 3.8) is 0 Å². The summed E-state index contributed by atoms with van der Waals surface area (Å²) in [7, 11) is 0. The van der Waals surface area contributed by atoms with Gasteiger partial charge in [-0.15, -0.1) is 0 Å². The van der Waals surface area contributed by atoms with Gasteiger partial charge in [-0.1, -0.05) is 17.7 Å². The molecule has 0 aliphatic rings. The molecular weight excluding hydrogens is 182 g/mol. The van der Waals surface area contributed by atoms with Gasteiger partial charge in [0.15, 0.2) is 11.5 Å². The number of phenols is 2. The van der Waals surface area contributed by atoms with E-state index in [9.17, 15) is 5.11 Å². The summed E-state index contributed by atoms with van der Waals surface area (Å²) in [6, 6.07) is 2.97. The summed E-state index contributed by atoms with van der Waals surface area (Å²) >= 11 is 5.50. The van der Waals surface area contributed by atoms with E-state index in [1.54, 1.807) is 0 Å². The normalized spacial score (nSPS) is 10.2. The second kappa shape index (κ2) is 3.62. The van der Waals surface area contributed by atoms with E-state index in [0.717, 1.165) is 0 Å². The molecule has 5 heteroatoms. The van der Waals surface area contributed by atoms with Gasteiger partial charge in [0.1, 0.15) is 0 Å². The lowest BCUT2D eigenvalue weighted by molar-refractivity contribution is 0.122. The van der Waals surface area contributed by atoms with E-state index in [2.05, 4.69) is 4.84 Å². The van der Waals surface area contributed by atoms with Crippen LogP contribution in [-0.2, 0) is 11.4 Å². The van der Waals surface area contributed by atoms with Crippen LogP contribution in [-0.4, -0.2) is 10.2 Å².